The zero-order chi connectivity index (χ0) is 72.4. The number of phosphoric ester groups is 2. The van der Waals surface area contributed by atoms with E-state index < -0.39 is 97.5 Å². The molecule has 3 unspecified atom stereocenters. The second-order valence-electron chi connectivity index (χ2n) is 30.1. The average Bonchev–Trinajstić information content (AvgIpc) is 1.01. The molecule has 0 aliphatic rings. The largest absolute Gasteiger partial charge is 0.472 e. The summed E-state index contributed by atoms with van der Waals surface area (Å²) in [7, 11) is -9.92. The molecule has 3 N–H and O–H groups in total. The van der Waals surface area contributed by atoms with Crippen molar-refractivity contribution in [1.29, 1.82) is 0 Å². The van der Waals surface area contributed by atoms with Crippen LogP contribution in [0, 0.1) is 23.7 Å². The lowest BCUT2D eigenvalue weighted by molar-refractivity contribution is -0.161. The van der Waals surface area contributed by atoms with Gasteiger partial charge in [0.1, 0.15) is 19.3 Å². The number of esters is 4. The molecular weight excluding hydrogens is 1280 g/mol. The predicted octanol–water partition coefficient (Wildman–Crippen LogP) is 23.2. The number of hydrogen-bond donors (Lipinski definition) is 3. The van der Waals surface area contributed by atoms with Gasteiger partial charge in [-0.3, -0.25) is 37.3 Å². The van der Waals surface area contributed by atoms with Crippen LogP contribution >= 0.6 is 15.6 Å². The fraction of sp³-hybridized carbons (Fsp3) is 0.949. The highest BCUT2D eigenvalue weighted by atomic mass is 31.2. The third-order valence-electron chi connectivity index (χ3n) is 18.7. The SMILES string of the molecule is CCC(C)CCCCCCCCCCCCC(=O)OC[C@H](COP(=O)(O)OC[C@@H](O)COP(=O)(O)OC[C@@H](COC(=O)CCCCCCCCC(C)C)OC(=O)CCCCCCCCCCCCCC(C)C)OC(=O)CCCCCCCCCCCCCCCCCCCCC(C)C. The second-order valence-corrected chi connectivity index (χ2v) is 33.0. The van der Waals surface area contributed by atoms with Crippen molar-refractivity contribution >= 4 is 39.5 Å². The molecule has 0 heterocycles. The molecule has 582 valence electrons. The van der Waals surface area contributed by atoms with Crippen LogP contribution < -0.4 is 0 Å². The maximum absolute atomic E-state index is 13.1. The van der Waals surface area contributed by atoms with Gasteiger partial charge in [0.05, 0.1) is 26.4 Å². The minimum Gasteiger partial charge on any atom is -0.462 e. The van der Waals surface area contributed by atoms with Crippen LogP contribution in [0.5, 0.6) is 0 Å². The first-order valence-corrected chi connectivity index (χ1v) is 43.7. The van der Waals surface area contributed by atoms with Crippen molar-refractivity contribution in [3.05, 3.63) is 0 Å². The minimum atomic E-state index is -4.96. The van der Waals surface area contributed by atoms with Crippen LogP contribution in [0.25, 0.3) is 0 Å². The summed E-state index contributed by atoms with van der Waals surface area (Å²) >= 11 is 0. The average molecular weight is 1440 g/mol. The lowest BCUT2D eigenvalue weighted by Gasteiger charge is -2.21. The van der Waals surface area contributed by atoms with Crippen molar-refractivity contribution in [1.82, 2.24) is 0 Å². The number of phosphoric acid groups is 2. The van der Waals surface area contributed by atoms with E-state index in [0.717, 1.165) is 114 Å². The molecule has 98 heavy (non-hydrogen) atoms. The smallest absolute Gasteiger partial charge is 0.462 e. The van der Waals surface area contributed by atoms with Gasteiger partial charge in [0.2, 0.25) is 0 Å². The number of unbranched alkanes of at least 4 members (excludes halogenated alkanes) is 41. The van der Waals surface area contributed by atoms with Crippen LogP contribution in [0.3, 0.4) is 0 Å². The van der Waals surface area contributed by atoms with Gasteiger partial charge in [0.25, 0.3) is 0 Å². The third kappa shape index (κ3) is 71.1. The standard InChI is InChI=1S/C79H154O17P2/c1-9-72(8)58-50-42-33-27-23-24-28-34-43-51-59-76(81)89-65-74(95-78(83)61-53-45-35-29-21-17-15-13-11-10-12-14-16-19-25-31-39-47-55-69(2)3)67-93-97(85,86)91-63-73(80)64-92-98(87,88)94-68-75(66-90-77(82)60-52-44-38-37-41-49-57-71(6)7)96-79(84)62-54-46-36-30-22-18-20-26-32-40-48-56-70(4)5/h69-75,80H,9-68H2,1-8H3,(H,85,86)(H,87,88)/t72?,73-,74-,75-/m1/s1. The highest BCUT2D eigenvalue weighted by molar-refractivity contribution is 7.47. The second kappa shape index (κ2) is 68.2. The quantitative estimate of drug-likeness (QED) is 0.0222. The summed E-state index contributed by atoms with van der Waals surface area (Å²) in [6.07, 6.45) is 54.3. The molecule has 0 fully saturated rings. The Kier molecular flexibility index (Phi) is 66.8. The summed E-state index contributed by atoms with van der Waals surface area (Å²) in [5.74, 6) is 0.955. The number of aliphatic hydroxyl groups is 1. The summed E-state index contributed by atoms with van der Waals surface area (Å²) in [6, 6.07) is 0. The molecule has 17 nitrogen and oxygen atoms in total. The molecule has 0 aromatic heterocycles. The maximum Gasteiger partial charge on any atom is 0.472 e. The van der Waals surface area contributed by atoms with Crippen molar-refractivity contribution in [2.45, 2.75) is 420 Å². The van der Waals surface area contributed by atoms with E-state index in [1.165, 1.54) is 199 Å². The number of ether oxygens (including phenoxy) is 4. The van der Waals surface area contributed by atoms with Crippen molar-refractivity contribution in [2.24, 2.45) is 23.7 Å². The first-order valence-electron chi connectivity index (χ1n) is 40.7. The minimum absolute atomic E-state index is 0.105. The molecule has 0 amide bonds. The predicted molar refractivity (Wildman–Crippen MR) is 400 cm³/mol. The van der Waals surface area contributed by atoms with E-state index in [4.69, 9.17) is 37.0 Å². The van der Waals surface area contributed by atoms with E-state index in [-0.39, 0.29) is 25.7 Å². The topological polar surface area (TPSA) is 237 Å². The Morgan fingerprint density at radius 3 is 0.724 bits per heavy atom. The zero-order valence-electron chi connectivity index (χ0n) is 64.4. The third-order valence-corrected chi connectivity index (χ3v) is 20.6. The van der Waals surface area contributed by atoms with Crippen LogP contribution in [-0.2, 0) is 65.4 Å². The monoisotopic (exact) mass is 1440 g/mol. The molecule has 0 aliphatic heterocycles. The van der Waals surface area contributed by atoms with Crippen LogP contribution in [-0.4, -0.2) is 96.7 Å². The Morgan fingerprint density at radius 1 is 0.286 bits per heavy atom. The van der Waals surface area contributed by atoms with Crippen LogP contribution in [0.2, 0.25) is 0 Å². The first-order chi connectivity index (χ1) is 47.1. The molecule has 0 spiro atoms. The Morgan fingerprint density at radius 2 is 0.490 bits per heavy atom. The molecule has 0 aromatic carbocycles. The fourth-order valence-electron chi connectivity index (χ4n) is 12.0. The molecule has 0 aliphatic carbocycles. The van der Waals surface area contributed by atoms with Crippen molar-refractivity contribution < 1.29 is 80.2 Å². The lowest BCUT2D eigenvalue weighted by Crippen LogP contribution is -2.30. The van der Waals surface area contributed by atoms with Gasteiger partial charge >= 0.3 is 39.5 Å². The lowest BCUT2D eigenvalue weighted by atomic mass is 9.99. The Hall–Kier alpha value is -1.94. The van der Waals surface area contributed by atoms with Crippen LogP contribution in [0.15, 0.2) is 0 Å². The molecule has 0 saturated heterocycles. The van der Waals surface area contributed by atoms with Gasteiger partial charge < -0.3 is 33.8 Å². The van der Waals surface area contributed by atoms with Crippen LogP contribution in [0.4, 0.5) is 0 Å². The summed E-state index contributed by atoms with van der Waals surface area (Å²) < 4.78 is 68.6. The fourth-order valence-corrected chi connectivity index (χ4v) is 13.6. The number of aliphatic hydroxyl groups excluding tert-OH is 1. The number of hydrogen-bond acceptors (Lipinski definition) is 15. The van der Waals surface area contributed by atoms with Crippen molar-refractivity contribution in [2.75, 3.05) is 39.6 Å². The summed E-state index contributed by atoms with van der Waals surface area (Å²) in [5, 5.41) is 10.6. The Labute approximate surface area is 600 Å². The molecule has 0 aromatic rings. The number of rotatable bonds is 76. The van der Waals surface area contributed by atoms with Gasteiger partial charge in [-0.2, -0.15) is 0 Å². The van der Waals surface area contributed by atoms with E-state index in [0.29, 0.717) is 31.6 Å². The molecule has 19 heteroatoms. The first kappa shape index (κ1) is 96.1. The molecule has 0 rings (SSSR count). The van der Waals surface area contributed by atoms with E-state index in [2.05, 4.69) is 55.4 Å². The Bertz CT molecular complexity index is 1920. The van der Waals surface area contributed by atoms with E-state index >= 15 is 0 Å². The normalized spacial score (nSPS) is 14.3. The summed E-state index contributed by atoms with van der Waals surface area (Å²) in [4.78, 5) is 72.9. The summed E-state index contributed by atoms with van der Waals surface area (Å²) in [6.45, 7) is 14.2. The van der Waals surface area contributed by atoms with Crippen LogP contribution in [0.1, 0.15) is 402 Å². The van der Waals surface area contributed by atoms with Crippen molar-refractivity contribution in [3.8, 4) is 0 Å². The zero-order valence-corrected chi connectivity index (χ0v) is 66.2. The maximum atomic E-state index is 13.1. The van der Waals surface area contributed by atoms with Gasteiger partial charge in [0.15, 0.2) is 12.2 Å². The van der Waals surface area contributed by atoms with Gasteiger partial charge in [-0.1, -0.05) is 351 Å². The highest BCUT2D eigenvalue weighted by Gasteiger charge is 2.30. The van der Waals surface area contributed by atoms with E-state index in [1.807, 2.05) is 0 Å². The molecule has 0 bridgehead atoms. The molecule has 6 atom stereocenters. The van der Waals surface area contributed by atoms with E-state index in [1.54, 1.807) is 0 Å². The highest BCUT2D eigenvalue weighted by Crippen LogP contribution is 2.45. The molecular formula is C79H154O17P2. The van der Waals surface area contributed by atoms with Gasteiger partial charge in [0, 0.05) is 25.7 Å². The Balaban J connectivity index is 5.21. The van der Waals surface area contributed by atoms with Gasteiger partial charge in [-0.15, -0.1) is 0 Å². The summed E-state index contributed by atoms with van der Waals surface area (Å²) in [5.41, 5.74) is 0. The van der Waals surface area contributed by atoms with Gasteiger partial charge in [-0.05, 0) is 49.4 Å². The molecule has 0 saturated carbocycles. The van der Waals surface area contributed by atoms with Gasteiger partial charge in [-0.25, -0.2) is 9.13 Å². The molecule has 0 radical (unpaired) electrons. The van der Waals surface area contributed by atoms with E-state index in [9.17, 15) is 43.2 Å². The van der Waals surface area contributed by atoms with Crippen molar-refractivity contribution in [3.63, 3.8) is 0 Å². The number of carbonyl (C=O) groups excluding carboxylic acids is 4. The number of carbonyl (C=O) groups is 4.